The summed E-state index contributed by atoms with van der Waals surface area (Å²) >= 11 is 1.24. The van der Waals surface area contributed by atoms with Gasteiger partial charge in [0.15, 0.2) is 16.8 Å². The second kappa shape index (κ2) is 10.2. The fourth-order valence-electron chi connectivity index (χ4n) is 3.08. The Morgan fingerprint density at radius 1 is 1.12 bits per heavy atom. The molecular weight excluding hydrogens is 431 g/mol. The number of hydrogen-bond acceptors (Lipinski definition) is 7. The lowest BCUT2D eigenvalue weighted by atomic mass is 10.2. The Hall–Kier alpha value is -3.53. The van der Waals surface area contributed by atoms with Crippen LogP contribution in [-0.4, -0.2) is 43.1 Å². The minimum Gasteiger partial charge on any atom is -0.355 e. The molecule has 0 atom stereocenters. The number of nitrogens with one attached hydrogen (secondary N) is 1. The van der Waals surface area contributed by atoms with Gasteiger partial charge in [0.2, 0.25) is 11.8 Å². The lowest BCUT2D eigenvalue weighted by Gasteiger charge is -2.11. The number of hydrogen-bond donors (Lipinski definition) is 1. The van der Waals surface area contributed by atoms with Gasteiger partial charge in [-0.25, -0.2) is 4.39 Å². The summed E-state index contributed by atoms with van der Waals surface area (Å²) in [5.41, 5.74) is 1.13. The molecule has 0 aliphatic heterocycles. The second-order valence-electron chi connectivity index (χ2n) is 6.93. The van der Waals surface area contributed by atoms with Crippen LogP contribution in [0.1, 0.15) is 18.1 Å². The maximum absolute atomic E-state index is 14.4. The van der Waals surface area contributed by atoms with E-state index in [4.69, 9.17) is 4.52 Å². The molecule has 4 rings (SSSR count). The third kappa shape index (κ3) is 5.20. The van der Waals surface area contributed by atoms with Crippen molar-refractivity contribution in [1.29, 1.82) is 0 Å². The summed E-state index contributed by atoms with van der Waals surface area (Å²) in [5.74, 6) is 1.17. The molecule has 164 valence electrons. The van der Waals surface area contributed by atoms with Gasteiger partial charge in [0, 0.05) is 18.7 Å². The summed E-state index contributed by atoms with van der Waals surface area (Å²) in [4.78, 5) is 16.4. The number of rotatable bonds is 9. The maximum Gasteiger partial charge on any atom is 0.230 e. The molecule has 0 spiro atoms. The molecule has 0 aliphatic carbocycles. The fourth-order valence-corrected chi connectivity index (χ4v) is 3.86. The van der Waals surface area contributed by atoms with Crippen molar-refractivity contribution in [2.24, 2.45) is 0 Å². The molecule has 32 heavy (non-hydrogen) atoms. The Bertz CT molecular complexity index is 1190. The van der Waals surface area contributed by atoms with Gasteiger partial charge in [0.1, 0.15) is 5.82 Å². The lowest BCUT2D eigenvalue weighted by molar-refractivity contribution is -0.118. The van der Waals surface area contributed by atoms with Gasteiger partial charge < -0.3 is 9.84 Å². The summed E-state index contributed by atoms with van der Waals surface area (Å²) in [6, 6.07) is 15.8. The van der Waals surface area contributed by atoms with Crippen LogP contribution in [0.2, 0.25) is 0 Å². The second-order valence-corrected chi connectivity index (χ2v) is 7.88. The fraction of sp³-hybridized carbons (Fsp3) is 0.227. The number of amides is 1. The predicted molar refractivity (Wildman–Crippen MR) is 118 cm³/mol. The van der Waals surface area contributed by atoms with Crippen molar-refractivity contribution in [1.82, 2.24) is 30.2 Å². The number of nitrogens with zero attached hydrogens (tertiary/aromatic N) is 5. The van der Waals surface area contributed by atoms with Crippen molar-refractivity contribution in [3.63, 3.8) is 0 Å². The highest BCUT2D eigenvalue weighted by molar-refractivity contribution is 7.99. The lowest BCUT2D eigenvalue weighted by Crippen LogP contribution is -2.26. The van der Waals surface area contributed by atoms with E-state index in [0.29, 0.717) is 47.6 Å². The van der Waals surface area contributed by atoms with Gasteiger partial charge in [-0.2, -0.15) is 4.98 Å². The largest absolute Gasteiger partial charge is 0.355 e. The van der Waals surface area contributed by atoms with Crippen LogP contribution < -0.4 is 5.32 Å². The van der Waals surface area contributed by atoms with Crippen LogP contribution in [0.4, 0.5) is 4.39 Å². The molecule has 0 unspecified atom stereocenters. The van der Waals surface area contributed by atoms with E-state index in [0.717, 1.165) is 5.69 Å². The molecule has 0 fully saturated rings. The van der Waals surface area contributed by atoms with E-state index in [9.17, 15) is 9.18 Å². The number of aromatic nitrogens is 5. The van der Waals surface area contributed by atoms with Crippen molar-refractivity contribution >= 4 is 17.7 Å². The molecule has 2 aromatic carbocycles. The van der Waals surface area contributed by atoms with Gasteiger partial charge in [-0.1, -0.05) is 47.3 Å². The number of carbonyl (C=O) groups excluding carboxylic acids is 1. The third-order valence-corrected chi connectivity index (χ3v) is 5.48. The molecule has 10 heteroatoms. The zero-order valence-corrected chi connectivity index (χ0v) is 18.2. The standard InChI is InChI=1S/C22H21FN6O2S/c1-15-25-20(31-28-15)12-7-13-24-19(30)14-32-22-27-26-21(17-10-5-6-11-18(17)23)29(22)16-8-3-2-4-9-16/h2-6,8-11H,7,12-14H2,1H3,(H,24,30). The van der Waals surface area contributed by atoms with Gasteiger partial charge in [-0.05, 0) is 37.6 Å². The molecule has 0 bridgehead atoms. The monoisotopic (exact) mass is 452 g/mol. The highest BCUT2D eigenvalue weighted by Crippen LogP contribution is 2.29. The van der Waals surface area contributed by atoms with Gasteiger partial charge >= 0.3 is 0 Å². The molecule has 0 aliphatic rings. The number of carbonyl (C=O) groups is 1. The van der Waals surface area contributed by atoms with Gasteiger partial charge in [0.25, 0.3) is 0 Å². The van der Waals surface area contributed by atoms with E-state index in [1.165, 1.54) is 17.8 Å². The van der Waals surface area contributed by atoms with E-state index in [2.05, 4.69) is 25.7 Å². The van der Waals surface area contributed by atoms with Gasteiger partial charge in [-0.15, -0.1) is 10.2 Å². The number of halogens is 1. The summed E-state index contributed by atoms with van der Waals surface area (Å²) < 4.78 is 21.2. The van der Waals surface area contributed by atoms with Crippen LogP contribution in [0.5, 0.6) is 0 Å². The highest BCUT2D eigenvalue weighted by Gasteiger charge is 2.19. The first-order chi connectivity index (χ1) is 15.6. The minimum absolute atomic E-state index is 0.133. The molecule has 0 radical (unpaired) electrons. The van der Waals surface area contributed by atoms with Crippen molar-refractivity contribution in [2.45, 2.75) is 24.9 Å². The summed E-state index contributed by atoms with van der Waals surface area (Å²) in [5, 5.41) is 15.5. The summed E-state index contributed by atoms with van der Waals surface area (Å²) in [7, 11) is 0. The van der Waals surface area contributed by atoms with Crippen molar-refractivity contribution in [2.75, 3.05) is 12.3 Å². The van der Waals surface area contributed by atoms with Crippen molar-refractivity contribution in [3.05, 3.63) is 72.1 Å². The van der Waals surface area contributed by atoms with Crippen LogP contribution in [-0.2, 0) is 11.2 Å². The molecule has 4 aromatic rings. The summed E-state index contributed by atoms with van der Waals surface area (Å²) in [6.45, 7) is 2.25. The molecule has 8 nitrogen and oxygen atoms in total. The normalized spacial score (nSPS) is 10.9. The van der Waals surface area contributed by atoms with Crippen LogP contribution in [0.3, 0.4) is 0 Å². The van der Waals surface area contributed by atoms with Crippen LogP contribution >= 0.6 is 11.8 Å². The molecule has 2 aromatic heterocycles. The topological polar surface area (TPSA) is 98.7 Å². The summed E-state index contributed by atoms with van der Waals surface area (Å²) in [6.07, 6.45) is 1.29. The first kappa shape index (κ1) is 21.7. The first-order valence-electron chi connectivity index (χ1n) is 10.1. The first-order valence-corrected chi connectivity index (χ1v) is 11.0. The predicted octanol–water partition coefficient (Wildman–Crippen LogP) is 3.61. The van der Waals surface area contributed by atoms with E-state index >= 15 is 0 Å². The minimum atomic E-state index is -0.386. The van der Waals surface area contributed by atoms with E-state index < -0.39 is 0 Å². The number of aryl methyl sites for hydroxylation is 2. The van der Waals surface area contributed by atoms with Crippen LogP contribution in [0.25, 0.3) is 17.1 Å². The molecule has 0 saturated heterocycles. The van der Waals surface area contributed by atoms with E-state index in [-0.39, 0.29) is 17.5 Å². The Morgan fingerprint density at radius 2 is 1.91 bits per heavy atom. The average Bonchev–Trinajstić information content (AvgIpc) is 3.42. The smallest absolute Gasteiger partial charge is 0.230 e. The van der Waals surface area contributed by atoms with E-state index in [1.807, 2.05) is 30.3 Å². The molecular formula is C22H21FN6O2S. The average molecular weight is 453 g/mol. The van der Waals surface area contributed by atoms with Crippen LogP contribution in [0, 0.1) is 12.7 Å². The van der Waals surface area contributed by atoms with Crippen LogP contribution in [0.15, 0.2) is 64.3 Å². The zero-order chi connectivity index (χ0) is 22.3. The zero-order valence-electron chi connectivity index (χ0n) is 17.4. The Kier molecular flexibility index (Phi) is 6.90. The number of benzene rings is 2. The maximum atomic E-state index is 14.4. The number of thioether (sulfide) groups is 1. The molecule has 2 heterocycles. The Labute approximate surface area is 188 Å². The number of para-hydroxylation sites is 1. The third-order valence-electron chi connectivity index (χ3n) is 4.55. The van der Waals surface area contributed by atoms with Crippen molar-refractivity contribution < 1.29 is 13.7 Å². The Morgan fingerprint density at radius 3 is 2.66 bits per heavy atom. The quantitative estimate of drug-likeness (QED) is 0.306. The highest BCUT2D eigenvalue weighted by atomic mass is 32.2. The van der Waals surface area contributed by atoms with Gasteiger partial charge in [0.05, 0.1) is 11.3 Å². The SMILES string of the molecule is Cc1noc(CCCNC(=O)CSc2nnc(-c3ccccc3F)n2-c2ccccc2)n1. The van der Waals surface area contributed by atoms with Crippen molar-refractivity contribution in [3.8, 4) is 17.1 Å². The van der Waals surface area contributed by atoms with Gasteiger partial charge in [-0.3, -0.25) is 9.36 Å². The van der Waals surface area contributed by atoms with E-state index in [1.54, 1.807) is 29.7 Å². The molecule has 0 saturated carbocycles. The molecule has 1 N–H and O–H groups in total. The Balaban J connectivity index is 1.42. The molecule has 1 amide bonds.